The van der Waals surface area contributed by atoms with Gasteiger partial charge >= 0.3 is 5.97 Å². The largest absolute Gasteiger partial charge is 0.480 e. The fourth-order valence-corrected chi connectivity index (χ4v) is 1.69. The number of nitrogens with one attached hydrogen (secondary N) is 1. The van der Waals surface area contributed by atoms with Crippen LogP contribution in [0.2, 0.25) is 0 Å². The molecule has 0 spiro atoms. The lowest BCUT2D eigenvalue weighted by atomic mass is 10.0. The molecule has 2 N–H and O–H groups in total. The second-order valence-electron chi connectivity index (χ2n) is 4.94. The van der Waals surface area contributed by atoms with Gasteiger partial charge in [-0.2, -0.15) is 5.26 Å². The van der Waals surface area contributed by atoms with Crippen molar-refractivity contribution in [1.29, 1.82) is 5.26 Å². The number of ether oxygens (including phenoxy) is 1. The summed E-state index contributed by atoms with van der Waals surface area (Å²) >= 11 is 0. The van der Waals surface area contributed by atoms with Crippen LogP contribution in [0, 0.1) is 17.2 Å². The molecule has 112 valence electrons. The van der Waals surface area contributed by atoms with Crippen LogP contribution in [0.4, 0.5) is 0 Å². The first-order chi connectivity index (χ1) is 9.86. The Balaban J connectivity index is 2.75. The fourth-order valence-electron chi connectivity index (χ4n) is 1.69. The number of hydrogen-bond acceptors (Lipinski definition) is 4. The van der Waals surface area contributed by atoms with Crippen molar-refractivity contribution < 1.29 is 19.4 Å². The molecule has 1 rings (SSSR count). The van der Waals surface area contributed by atoms with Gasteiger partial charge in [0.15, 0.2) is 6.10 Å². The number of carbonyl (C=O) groups excluding carboxylic acids is 1. The molecule has 6 nitrogen and oxygen atoms in total. The zero-order valence-corrected chi connectivity index (χ0v) is 12.2. The fraction of sp³-hybridized carbons (Fsp3) is 0.400. The van der Waals surface area contributed by atoms with Gasteiger partial charge in [0.25, 0.3) is 5.91 Å². The van der Waals surface area contributed by atoms with Crippen LogP contribution < -0.4 is 10.1 Å². The molecule has 21 heavy (non-hydrogen) atoms. The van der Waals surface area contributed by atoms with E-state index in [1.807, 2.05) is 6.07 Å². The molecule has 0 aliphatic heterocycles. The number of rotatable bonds is 6. The highest BCUT2D eigenvalue weighted by molar-refractivity contribution is 5.86. The monoisotopic (exact) mass is 290 g/mol. The molecule has 0 aromatic heterocycles. The van der Waals surface area contributed by atoms with Crippen molar-refractivity contribution in [2.24, 2.45) is 5.92 Å². The summed E-state index contributed by atoms with van der Waals surface area (Å²) in [6, 6.07) is 7.53. The van der Waals surface area contributed by atoms with E-state index in [0.29, 0.717) is 11.3 Å². The van der Waals surface area contributed by atoms with E-state index in [1.165, 1.54) is 6.92 Å². The third-order valence-corrected chi connectivity index (χ3v) is 2.91. The average molecular weight is 290 g/mol. The first-order valence-corrected chi connectivity index (χ1v) is 6.55. The lowest BCUT2D eigenvalue weighted by Gasteiger charge is -2.21. The van der Waals surface area contributed by atoms with Crippen LogP contribution >= 0.6 is 0 Å². The number of amides is 1. The Morgan fingerprint density at radius 2 is 1.90 bits per heavy atom. The van der Waals surface area contributed by atoms with Gasteiger partial charge in [-0.15, -0.1) is 0 Å². The molecule has 1 aromatic carbocycles. The number of hydrogen-bond donors (Lipinski definition) is 2. The summed E-state index contributed by atoms with van der Waals surface area (Å²) in [6.45, 7) is 4.91. The predicted octanol–water partition coefficient (Wildman–Crippen LogP) is 1.55. The molecule has 0 fully saturated rings. The van der Waals surface area contributed by atoms with Crippen LogP contribution in [-0.4, -0.2) is 29.1 Å². The molecule has 2 unspecified atom stereocenters. The number of nitrogens with zero attached hydrogens (tertiary/aromatic N) is 1. The SMILES string of the molecule is CC(Oc1ccccc1C#N)C(=O)NC(C(=O)O)C(C)C. The number of carboxylic acid groups (broad SMARTS) is 1. The van der Waals surface area contributed by atoms with E-state index in [-0.39, 0.29) is 5.92 Å². The standard InChI is InChI=1S/C15H18N2O4/c1-9(2)13(15(19)20)17-14(18)10(3)21-12-7-5-4-6-11(12)8-16/h4-7,9-10,13H,1-3H3,(H,17,18)(H,19,20). The van der Waals surface area contributed by atoms with Crippen molar-refractivity contribution in [3.63, 3.8) is 0 Å². The van der Waals surface area contributed by atoms with E-state index in [4.69, 9.17) is 15.1 Å². The maximum Gasteiger partial charge on any atom is 0.326 e. The number of aliphatic carboxylic acids is 1. The maximum absolute atomic E-state index is 12.0. The summed E-state index contributed by atoms with van der Waals surface area (Å²) in [7, 11) is 0. The molecule has 2 atom stereocenters. The van der Waals surface area contributed by atoms with Crippen LogP contribution in [0.25, 0.3) is 0 Å². The van der Waals surface area contributed by atoms with Gasteiger partial charge in [0.2, 0.25) is 0 Å². The molecule has 0 saturated carbocycles. The van der Waals surface area contributed by atoms with E-state index in [9.17, 15) is 9.59 Å². The van der Waals surface area contributed by atoms with Crippen LogP contribution in [0.5, 0.6) is 5.75 Å². The Morgan fingerprint density at radius 1 is 1.29 bits per heavy atom. The Bertz CT molecular complexity index is 563. The number of para-hydroxylation sites is 1. The Hall–Kier alpha value is -2.55. The lowest BCUT2D eigenvalue weighted by molar-refractivity contribution is -0.144. The van der Waals surface area contributed by atoms with Crippen molar-refractivity contribution in [2.45, 2.75) is 32.9 Å². The summed E-state index contributed by atoms with van der Waals surface area (Å²) in [5.41, 5.74) is 0.316. The van der Waals surface area contributed by atoms with Gasteiger partial charge in [0.1, 0.15) is 17.9 Å². The highest BCUT2D eigenvalue weighted by atomic mass is 16.5. The highest BCUT2D eigenvalue weighted by Gasteiger charge is 2.26. The Morgan fingerprint density at radius 3 is 2.43 bits per heavy atom. The number of carboxylic acids is 1. The second kappa shape index (κ2) is 7.29. The summed E-state index contributed by atoms with van der Waals surface area (Å²) in [6.07, 6.45) is -0.903. The van der Waals surface area contributed by atoms with Crippen molar-refractivity contribution in [3.8, 4) is 11.8 Å². The highest BCUT2D eigenvalue weighted by Crippen LogP contribution is 2.18. The minimum absolute atomic E-state index is 0.245. The minimum Gasteiger partial charge on any atom is -0.480 e. The van der Waals surface area contributed by atoms with Gasteiger partial charge in [-0.1, -0.05) is 26.0 Å². The first kappa shape index (κ1) is 16.5. The summed E-state index contributed by atoms with van der Waals surface area (Å²) in [5, 5.41) is 20.4. The number of nitriles is 1. The average Bonchev–Trinajstić information content (AvgIpc) is 2.44. The van der Waals surface area contributed by atoms with E-state index in [0.717, 1.165) is 0 Å². The van der Waals surface area contributed by atoms with Crippen molar-refractivity contribution in [3.05, 3.63) is 29.8 Å². The molecule has 0 saturated heterocycles. The van der Waals surface area contributed by atoms with Crippen LogP contribution in [0.1, 0.15) is 26.3 Å². The molecule has 0 radical (unpaired) electrons. The molecule has 0 aliphatic rings. The van der Waals surface area contributed by atoms with Gasteiger partial charge < -0.3 is 15.2 Å². The molecular weight excluding hydrogens is 272 g/mol. The minimum atomic E-state index is -1.09. The summed E-state index contributed by atoms with van der Waals surface area (Å²) in [5.74, 6) is -1.59. The quantitative estimate of drug-likeness (QED) is 0.828. The number of carbonyl (C=O) groups is 2. The zero-order valence-electron chi connectivity index (χ0n) is 12.2. The van der Waals surface area contributed by atoms with Crippen molar-refractivity contribution in [2.75, 3.05) is 0 Å². The second-order valence-corrected chi connectivity index (χ2v) is 4.94. The van der Waals surface area contributed by atoms with Crippen LogP contribution in [0.15, 0.2) is 24.3 Å². The molecule has 0 bridgehead atoms. The first-order valence-electron chi connectivity index (χ1n) is 6.55. The Labute approximate surface area is 123 Å². The van der Waals surface area contributed by atoms with E-state index < -0.39 is 24.0 Å². The molecular formula is C15H18N2O4. The van der Waals surface area contributed by atoms with Gasteiger partial charge in [0, 0.05) is 0 Å². The van der Waals surface area contributed by atoms with E-state index in [1.54, 1.807) is 38.1 Å². The van der Waals surface area contributed by atoms with Gasteiger partial charge in [-0.25, -0.2) is 4.79 Å². The zero-order chi connectivity index (χ0) is 16.0. The third kappa shape index (κ3) is 4.49. The molecule has 1 amide bonds. The summed E-state index contributed by atoms with van der Waals surface area (Å²) in [4.78, 5) is 23.0. The molecule has 6 heteroatoms. The lowest BCUT2D eigenvalue weighted by Crippen LogP contribution is -2.48. The molecule has 0 heterocycles. The van der Waals surface area contributed by atoms with Crippen LogP contribution in [0.3, 0.4) is 0 Å². The van der Waals surface area contributed by atoms with Gasteiger partial charge in [-0.05, 0) is 25.0 Å². The molecule has 0 aliphatic carbocycles. The maximum atomic E-state index is 12.0. The Kier molecular flexibility index (Phi) is 5.73. The molecule has 1 aromatic rings. The summed E-state index contributed by atoms with van der Waals surface area (Å²) < 4.78 is 5.43. The smallest absolute Gasteiger partial charge is 0.326 e. The number of benzene rings is 1. The normalized spacial score (nSPS) is 13.1. The van der Waals surface area contributed by atoms with Gasteiger partial charge in [-0.3, -0.25) is 4.79 Å². The van der Waals surface area contributed by atoms with Crippen LogP contribution in [-0.2, 0) is 9.59 Å². The third-order valence-electron chi connectivity index (χ3n) is 2.91. The van der Waals surface area contributed by atoms with E-state index in [2.05, 4.69) is 5.32 Å². The topological polar surface area (TPSA) is 99.4 Å². The van der Waals surface area contributed by atoms with E-state index >= 15 is 0 Å². The van der Waals surface area contributed by atoms with Crippen molar-refractivity contribution >= 4 is 11.9 Å². The predicted molar refractivity (Wildman–Crippen MR) is 75.7 cm³/mol. The van der Waals surface area contributed by atoms with Crippen molar-refractivity contribution in [1.82, 2.24) is 5.32 Å². The van der Waals surface area contributed by atoms with Gasteiger partial charge in [0.05, 0.1) is 5.56 Å².